The first kappa shape index (κ1) is 10.0. The monoisotopic (exact) mass is 329 g/mol. The van der Waals surface area contributed by atoms with E-state index in [2.05, 4.69) is 10.1 Å². The highest BCUT2D eigenvalue weighted by Crippen LogP contribution is 2.36. The lowest BCUT2D eigenvalue weighted by Crippen LogP contribution is -2.06. The number of nitrogens with zero attached hydrogens (tertiary/aromatic N) is 3. The number of halogens is 1. The van der Waals surface area contributed by atoms with Gasteiger partial charge in [0.2, 0.25) is 0 Å². The number of hydrogen-bond donors (Lipinski definition) is 1. The molecule has 2 aromatic heterocycles. The number of carbonyl (C=O) groups is 1. The summed E-state index contributed by atoms with van der Waals surface area (Å²) >= 11 is 1.99. The topological polar surface area (TPSA) is 68.0 Å². The van der Waals surface area contributed by atoms with E-state index in [0.717, 1.165) is 18.2 Å². The van der Waals surface area contributed by atoms with Gasteiger partial charge in [0.15, 0.2) is 11.3 Å². The van der Waals surface area contributed by atoms with E-state index >= 15 is 0 Å². The molecular formula is C10H8IN3O2. The number of hydrogen-bond acceptors (Lipinski definition) is 3. The van der Waals surface area contributed by atoms with Crippen molar-refractivity contribution in [1.82, 2.24) is 14.8 Å². The summed E-state index contributed by atoms with van der Waals surface area (Å²) in [6, 6.07) is 2.23. The number of carboxylic acid groups (broad SMARTS) is 1. The summed E-state index contributed by atoms with van der Waals surface area (Å²) in [6.45, 7) is 0. The van der Waals surface area contributed by atoms with Crippen LogP contribution >= 0.6 is 22.6 Å². The SMILES string of the molecule is O=C(O)c1nc2c(cnn2C2CC2)cc1I. The molecule has 0 bridgehead atoms. The van der Waals surface area contributed by atoms with E-state index in [1.807, 2.05) is 33.3 Å². The minimum Gasteiger partial charge on any atom is -0.476 e. The van der Waals surface area contributed by atoms with Gasteiger partial charge in [-0.3, -0.25) is 0 Å². The average molecular weight is 329 g/mol. The van der Waals surface area contributed by atoms with Crippen LogP contribution in [0.15, 0.2) is 12.3 Å². The Kier molecular flexibility index (Phi) is 2.13. The fraction of sp³-hybridized carbons (Fsp3) is 0.300. The molecule has 0 unspecified atom stereocenters. The van der Waals surface area contributed by atoms with Crippen molar-refractivity contribution in [2.75, 3.05) is 0 Å². The van der Waals surface area contributed by atoms with Crippen molar-refractivity contribution in [2.45, 2.75) is 18.9 Å². The molecule has 6 heteroatoms. The van der Waals surface area contributed by atoms with Crippen LogP contribution in [0.4, 0.5) is 0 Å². The van der Waals surface area contributed by atoms with Gasteiger partial charge < -0.3 is 5.11 Å². The Labute approximate surface area is 105 Å². The van der Waals surface area contributed by atoms with Gasteiger partial charge >= 0.3 is 5.97 Å². The lowest BCUT2D eigenvalue weighted by molar-refractivity contribution is 0.0689. The van der Waals surface area contributed by atoms with Gasteiger partial charge in [0.25, 0.3) is 0 Å². The molecule has 16 heavy (non-hydrogen) atoms. The van der Waals surface area contributed by atoms with E-state index < -0.39 is 5.97 Å². The molecule has 1 aliphatic carbocycles. The molecule has 2 heterocycles. The van der Waals surface area contributed by atoms with Gasteiger partial charge in [0.05, 0.1) is 12.2 Å². The number of fused-ring (bicyclic) bond motifs is 1. The Balaban J connectivity index is 2.26. The van der Waals surface area contributed by atoms with Gasteiger partial charge in [-0.05, 0) is 41.5 Å². The molecule has 1 fully saturated rings. The highest BCUT2D eigenvalue weighted by atomic mass is 127. The van der Waals surface area contributed by atoms with E-state index in [9.17, 15) is 4.79 Å². The summed E-state index contributed by atoms with van der Waals surface area (Å²) in [4.78, 5) is 15.2. The zero-order valence-corrected chi connectivity index (χ0v) is 10.4. The fourth-order valence-electron chi connectivity index (χ4n) is 1.69. The van der Waals surface area contributed by atoms with Crippen molar-refractivity contribution in [2.24, 2.45) is 0 Å². The minimum atomic E-state index is -0.991. The van der Waals surface area contributed by atoms with Crippen LogP contribution in [0.5, 0.6) is 0 Å². The lowest BCUT2D eigenvalue weighted by atomic mass is 10.3. The van der Waals surface area contributed by atoms with Crippen LogP contribution in [0.2, 0.25) is 0 Å². The second-order valence-corrected chi connectivity index (χ2v) is 5.02. The highest BCUT2D eigenvalue weighted by molar-refractivity contribution is 14.1. The lowest BCUT2D eigenvalue weighted by Gasteiger charge is -2.02. The molecule has 1 saturated carbocycles. The predicted octanol–water partition coefficient (Wildman–Crippen LogP) is 2.07. The van der Waals surface area contributed by atoms with Crippen LogP contribution in [0.25, 0.3) is 11.0 Å². The van der Waals surface area contributed by atoms with Gasteiger partial charge in [-0.15, -0.1) is 0 Å². The van der Waals surface area contributed by atoms with Gasteiger partial charge in [-0.2, -0.15) is 5.10 Å². The van der Waals surface area contributed by atoms with Gasteiger partial charge in [-0.1, -0.05) is 0 Å². The molecule has 0 aliphatic heterocycles. The van der Waals surface area contributed by atoms with Crippen LogP contribution in [-0.2, 0) is 0 Å². The van der Waals surface area contributed by atoms with Crippen molar-refractivity contribution in [1.29, 1.82) is 0 Å². The van der Waals surface area contributed by atoms with E-state index in [1.54, 1.807) is 6.20 Å². The largest absolute Gasteiger partial charge is 0.476 e. The summed E-state index contributed by atoms with van der Waals surface area (Å²) in [7, 11) is 0. The molecule has 2 aromatic rings. The second kappa shape index (κ2) is 3.41. The summed E-state index contributed by atoms with van der Waals surface area (Å²) in [5.41, 5.74) is 0.788. The summed E-state index contributed by atoms with van der Waals surface area (Å²) < 4.78 is 2.48. The highest BCUT2D eigenvalue weighted by Gasteiger charge is 2.27. The van der Waals surface area contributed by atoms with E-state index in [1.165, 1.54) is 0 Å². The fourth-order valence-corrected chi connectivity index (χ4v) is 2.37. The molecule has 0 aromatic carbocycles. The molecule has 0 spiro atoms. The molecular weight excluding hydrogens is 321 g/mol. The molecule has 82 valence electrons. The van der Waals surface area contributed by atoms with Crippen LogP contribution in [0.3, 0.4) is 0 Å². The van der Waals surface area contributed by atoms with Crippen molar-refractivity contribution in [3.8, 4) is 0 Å². The summed E-state index contributed by atoms with van der Waals surface area (Å²) in [6.07, 6.45) is 3.95. The molecule has 0 atom stereocenters. The molecule has 1 N–H and O–H groups in total. The first-order valence-corrected chi connectivity index (χ1v) is 6.02. The first-order chi connectivity index (χ1) is 7.66. The summed E-state index contributed by atoms with van der Waals surface area (Å²) in [5, 5.41) is 14.2. The van der Waals surface area contributed by atoms with Crippen LogP contribution in [0, 0.1) is 3.57 Å². The normalized spacial score (nSPS) is 15.6. The van der Waals surface area contributed by atoms with E-state index in [4.69, 9.17) is 5.11 Å². The molecule has 5 nitrogen and oxygen atoms in total. The van der Waals surface area contributed by atoms with E-state index in [-0.39, 0.29) is 5.69 Å². The van der Waals surface area contributed by atoms with Crippen molar-refractivity contribution >= 4 is 39.6 Å². The van der Waals surface area contributed by atoms with Crippen LogP contribution < -0.4 is 0 Å². The maximum Gasteiger partial charge on any atom is 0.355 e. The Hall–Kier alpha value is -1.18. The van der Waals surface area contributed by atoms with Gasteiger partial charge in [-0.25, -0.2) is 14.5 Å². The average Bonchev–Trinajstić information content (AvgIpc) is 2.99. The maximum absolute atomic E-state index is 11.0. The van der Waals surface area contributed by atoms with Gasteiger partial charge in [0, 0.05) is 8.96 Å². The standard InChI is InChI=1S/C10H8IN3O2/c11-7-3-5-4-12-14(6-1-2-6)9(5)13-8(7)10(15)16/h3-4,6H,1-2H2,(H,15,16). The Morgan fingerprint density at radius 3 is 2.94 bits per heavy atom. The van der Waals surface area contributed by atoms with Crippen molar-refractivity contribution in [3.63, 3.8) is 0 Å². The number of aromatic nitrogens is 3. The second-order valence-electron chi connectivity index (χ2n) is 3.86. The molecule has 1 aliphatic rings. The number of carboxylic acids is 1. The number of aromatic carboxylic acids is 1. The number of rotatable bonds is 2. The zero-order chi connectivity index (χ0) is 11.3. The van der Waals surface area contributed by atoms with Crippen LogP contribution in [0.1, 0.15) is 29.4 Å². The zero-order valence-electron chi connectivity index (χ0n) is 8.22. The molecule has 0 amide bonds. The summed E-state index contributed by atoms with van der Waals surface area (Å²) in [5.74, 6) is -0.991. The first-order valence-electron chi connectivity index (χ1n) is 4.94. The molecule has 0 radical (unpaired) electrons. The quantitative estimate of drug-likeness (QED) is 0.857. The minimum absolute atomic E-state index is 0.107. The molecule has 0 saturated heterocycles. The number of pyridine rings is 1. The Bertz CT molecular complexity index is 589. The third-order valence-corrected chi connectivity index (χ3v) is 3.44. The predicted molar refractivity (Wildman–Crippen MR) is 65.5 cm³/mol. The van der Waals surface area contributed by atoms with Crippen molar-refractivity contribution in [3.05, 3.63) is 21.5 Å². The Morgan fingerprint density at radius 2 is 2.31 bits per heavy atom. The van der Waals surface area contributed by atoms with Crippen LogP contribution in [-0.4, -0.2) is 25.8 Å². The third-order valence-electron chi connectivity index (χ3n) is 2.62. The Morgan fingerprint density at radius 1 is 1.56 bits per heavy atom. The van der Waals surface area contributed by atoms with E-state index in [0.29, 0.717) is 15.3 Å². The van der Waals surface area contributed by atoms with Crippen molar-refractivity contribution < 1.29 is 9.90 Å². The molecule has 3 rings (SSSR count). The maximum atomic E-state index is 11.0. The van der Waals surface area contributed by atoms with Gasteiger partial charge in [0.1, 0.15) is 0 Å². The smallest absolute Gasteiger partial charge is 0.355 e. The third kappa shape index (κ3) is 1.48.